The third-order valence-corrected chi connectivity index (χ3v) is 3.48. The van der Waals surface area contributed by atoms with Gasteiger partial charge in [-0.15, -0.1) is 11.6 Å². The first-order valence-corrected chi connectivity index (χ1v) is 5.87. The smallest absolute Gasteiger partial charge is 0.122 e. The number of benzene rings is 1. The van der Waals surface area contributed by atoms with Crippen LogP contribution in [0.15, 0.2) is 24.3 Å². The van der Waals surface area contributed by atoms with Crippen LogP contribution in [0, 0.1) is 0 Å². The molecule has 1 heterocycles. The summed E-state index contributed by atoms with van der Waals surface area (Å²) >= 11 is 6.07. The van der Waals surface area contributed by atoms with Crippen LogP contribution >= 0.6 is 11.6 Å². The summed E-state index contributed by atoms with van der Waals surface area (Å²) in [6, 6.07) is 6.48. The van der Waals surface area contributed by atoms with E-state index in [4.69, 9.17) is 16.3 Å². The molecule has 1 aromatic carbocycles. The second-order valence-electron chi connectivity index (χ2n) is 4.17. The molecular weight excluding hydrogens is 208 g/mol. The third-order valence-electron chi connectivity index (χ3n) is 3.13. The average molecular weight is 221 g/mol. The summed E-state index contributed by atoms with van der Waals surface area (Å²) < 4.78 is 5.49. The highest BCUT2D eigenvalue weighted by molar-refractivity contribution is 6.22. The highest BCUT2D eigenvalue weighted by Gasteiger charge is 2.17. The van der Waals surface area contributed by atoms with Gasteiger partial charge in [-0.05, 0) is 41.7 Å². The summed E-state index contributed by atoms with van der Waals surface area (Å²) in [5, 5.41) is 0.226. The van der Waals surface area contributed by atoms with Crippen LogP contribution in [0.5, 0.6) is 5.75 Å². The fourth-order valence-electron chi connectivity index (χ4n) is 2.31. The lowest BCUT2D eigenvalue weighted by Gasteiger charge is -2.04. The van der Waals surface area contributed by atoms with Gasteiger partial charge in [0.05, 0.1) is 12.0 Å². The molecule has 1 aliphatic heterocycles. The molecule has 0 aromatic heterocycles. The van der Waals surface area contributed by atoms with Crippen LogP contribution in [0.3, 0.4) is 0 Å². The van der Waals surface area contributed by atoms with E-state index >= 15 is 0 Å². The maximum Gasteiger partial charge on any atom is 0.122 e. The molecule has 2 heteroatoms. The minimum absolute atomic E-state index is 0.226. The van der Waals surface area contributed by atoms with Gasteiger partial charge in [0.1, 0.15) is 5.75 Å². The zero-order valence-electron chi connectivity index (χ0n) is 8.50. The molecule has 0 fully saturated rings. The Labute approximate surface area is 94.7 Å². The summed E-state index contributed by atoms with van der Waals surface area (Å²) in [5.41, 5.74) is 4.05. The predicted molar refractivity (Wildman–Crippen MR) is 62.5 cm³/mol. The lowest BCUT2D eigenvalue weighted by Crippen LogP contribution is -1.85. The first-order chi connectivity index (χ1) is 7.33. The molecule has 0 bridgehead atoms. The summed E-state index contributed by atoms with van der Waals surface area (Å²) in [5.74, 6) is 1.06. The van der Waals surface area contributed by atoms with E-state index in [1.165, 1.54) is 16.7 Å². The molecular formula is C13H13ClO. The normalized spacial score (nSPS) is 23.5. The largest absolute Gasteiger partial charge is 0.493 e. The Balaban J connectivity index is 1.96. The van der Waals surface area contributed by atoms with Gasteiger partial charge in [0.25, 0.3) is 0 Å². The van der Waals surface area contributed by atoms with Gasteiger partial charge in [-0.3, -0.25) is 0 Å². The maximum absolute atomic E-state index is 6.07. The number of fused-ring (bicyclic) bond motifs is 1. The highest BCUT2D eigenvalue weighted by atomic mass is 35.5. The summed E-state index contributed by atoms with van der Waals surface area (Å²) in [6.45, 7) is 0.829. The Bertz CT molecular complexity index is 423. The van der Waals surface area contributed by atoms with E-state index in [1.807, 2.05) is 0 Å². The number of ether oxygens (including phenoxy) is 1. The SMILES string of the molecule is ClC1C=C(c2ccc3c(c2)CCO3)CC1. The van der Waals surface area contributed by atoms with Gasteiger partial charge >= 0.3 is 0 Å². The molecule has 1 aliphatic carbocycles. The number of rotatable bonds is 1. The minimum atomic E-state index is 0.226. The van der Waals surface area contributed by atoms with Crippen LogP contribution in [-0.4, -0.2) is 12.0 Å². The van der Waals surface area contributed by atoms with Gasteiger partial charge in [0, 0.05) is 6.42 Å². The molecule has 0 N–H and O–H groups in total. The molecule has 78 valence electrons. The lowest BCUT2D eigenvalue weighted by atomic mass is 10.0. The molecule has 0 saturated carbocycles. The molecule has 15 heavy (non-hydrogen) atoms. The second kappa shape index (κ2) is 3.57. The quantitative estimate of drug-likeness (QED) is 0.660. The fourth-order valence-corrected chi connectivity index (χ4v) is 2.57. The standard InChI is InChI=1S/C13H13ClO/c14-12-3-1-10(8-12)9-2-4-13-11(7-9)5-6-15-13/h2,4,7-8,12H,1,3,5-6H2. The first-order valence-electron chi connectivity index (χ1n) is 5.44. The van der Waals surface area contributed by atoms with Crippen LogP contribution in [0.2, 0.25) is 0 Å². The van der Waals surface area contributed by atoms with Gasteiger partial charge in [-0.1, -0.05) is 12.1 Å². The number of hydrogen-bond acceptors (Lipinski definition) is 1. The highest BCUT2D eigenvalue weighted by Crippen LogP contribution is 2.34. The van der Waals surface area contributed by atoms with E-state index in [-0.39, 0.29) is 5.38 Å². The Kier molecular flexibility index (Phi) is 2.21. The number of allylic oxidation sites excluding steroid dienone is 2. The minimum Gasteiger partial charge on any atom is -0.493 e. The first kappa shape index (κ1) is 9.29. The van der Waals surface area contributed by atoms with Crippen LogP contribution in [-0.2, 0) is 6.42 Å². The number of halogens is 1. The van der Waals surface area contributed by atoms with Crippen molar-refractivity contribution in [2.45, 2.75) is 24.6 Å². The maximum atomic E-state index is 6.07. The van der Waals surface area contributed by atoms with Crippen molar-refractivity contribution in [2.75, 3.05) is 6.61 Å². The number of hydrogen-bond donors (Lipinski definition) is 0. The molecule has 1 aromatic rings. The molecule has 3 rings (SSSR count). The van der Waals surface area contributed by atoms with E-state index in [1.54, 1.807) is 0 Å². The van der Waals surface area contributed by atoms with Crippen molar-refractivity contribution in [3.05, 3.63) is 35.4 Å². The van der Waals surface area contributed by atoms with Crippen LogP contribution in [0.25, 0.3) is 5.57 Å². The molecule has 1 nitrogen and oxygen atoms in total. The molecule has 1 unspecified atom stereocenters. The van der Waals surface area contributed by atoms with E-state index in [0.29, 0.717) is 0 Å². The molecule has 0 saturated heterocycles. The Morgan fingerprint density at radius 1 is 1.27 bits per heavy atom. The van der Waals surface area contributed by atoms with Crippen molar-refractivity contribution in [3.8, 4) is 5.75 Å². The van der Waals surface area contributed by atoms with Crippen molar-refractivity contribution < 1.29 is 4.74 Å². The fraction of sp³-hybridized carbons (Fsp3) is 0.385. The summed E-state index contributed by atoms with van der Waals surface area (Å²) in [4.78, 5) is 0. The molecule has 2 aliphatic rings. The molecule has 0 radical (unpaired) electrons. The van der Waals surface area contributed by atoms with Crippen LogP contribution < -0.4 is 4.74 Å². The van der Waals surface area contributed by atoms with Crippen molar-refractivity contribution in [1.82, 2.24) is 0 Å². The van der Waals surface area contributed by atoms with E-state index in [2.05, 4.69) is 24.3 Å². The number of alkyl halides is 1. The zero-order valence-corrected chi connectivity index (χ0v) is 9.26. The lowest BCUT2D eigenvalue weighted by molar-refractivity contribution is 0.357. The van der Waals surface area contributed by atoms with E-state index in [0.717, 1.165) is 31.6 Å². The average Bonchev–Trinajstić information content (AvgIpc) is 2.84. The monoisotopic (exact) mass is 220 g/mol. The van der Waals surface area contributed by atoms with Crippen molar-refractivity contribution in [3.63, 3.8) is 0 Å². The third kappa shape index (κ3) is 1.65. The van der Waals surface area contributed by atoms with E-state index < -0.39 is 0 Å². The second-order valence-corrected chi connectivity index (χ2v) is 4.73. The molecule has 0 spiro atoms. The van der Waals surface area contributed by atoms with Gasteiger partial charge in [0.15, 0.2) is 0 Å². The summed E-state index contributed by atoms with van der Waals surface area (Å²) in [6.07, 6.45) is 5.40. The van der Waals surface area contributed by atoms with Crippen molar-refractivity contribution in [1.29, 1.82) is 0 Å². The van der Waals surface area contributed by atoms with Gasteiger partial charge < -0.3 is 4.74 Å². The van der Waals surface area contributed by atoms with Crippen molar-refractivity contribution >= 4 is 17.2 Å². The molecule has 0 amide bonds. The van der Waals surface area contributed by atoms with Gasteiger partial charge in [0.2, 0.25) is 0 Å². The van der Waals surface area contributed by atoms with Gasteiger partial charge in [-0.25, -0.2) is 0 Å². The topological polar surface area (TPSA) is 9.23 Å². The van der Waals surface area contributed by atoms with Gasteiger partial charge in [-0.2, -0.15) is 0 Å². The molecule has 1 atom stereocenters. The predicted octanol–water partition coefficient (Wildman–Crippen LogP) is 3.41. The summed E-state index contributed by atoms with van der Waals surface area (Å²) in [7, 11) is 0. The Hall–Kier alpha value is -0.950. The zero-order chi connectivity index (χ0) is 10.3. The Morgan fingerprint density at radius 3 is 3.00 bits per heavy atom. The Morgan fingerprint density at radius 2 is 2.20 bits per heavy atom. The van der Waals surface area contributed by atoms with Crippen LogP contribution in [0.4, 0.5) is 0 Å². The van der Waals surface area contributed by atoms with Crippen molar-refractivity contribution in [2.24, 2.45) is 0 Å². The van der Waals surface area contributed by atoms with Crippen LogP contribution in [0.1, 0.15) is 24.0 Å². The van der Waals surface area contributed by atoms with E-state index in [9.17, 15) is 0 Å².